The van der Waals surface area contributed by atoms with Crippen molar-refractivity contribution in [3.8, 4) is 5.75 Å². The molecule has 0 spiro atoms. The highest BCUT2D eigenvalue weighted by Gasteiger charge is 2.26. The lowest BCUT2D eigenvalue weighted by atomic mass is 10.1. The van der Waals surface area contributed by atoms with Gasteiger partial charge >= 0.3 is 6.18 Å². The van der Waals surface area contributed by atoms with Gasteiger partial charge in [0.1, 0.15) is 5.75 Å². The molecule has 0 amide bonds. The summed E-state index contributed by atoms with van der Waals surface area (Å²) >= 11 is 0. The molecule has 2 nitrogen and oxygen atoms in total. The summed E-state index contributed by atoms with van der Waals surface area (Å²) in [5.41, 5.74) is 2.04. The SMILES string of the molecule is Cc1ccc(OCCCC(F)(F)F)c(CNC(C)(C)C)c1. The van der Waals surface area contributed by atoms with E-state index in [0.717, 1.165) is 11.1 Å². The minimum absolute atomic E-state index is 0.0243. The molecule has 0 bridgehead atoms. The normalized spacial score (nSPS) is 12.5. The fourth-order valence-electron chi connectivity index (χ4n) is 1.80. The first-order valence-electron chi connectivity index (χ1n) is 7.11. The zero-order valence-electron chi connectivity index (χ0n) is 13.1. The Bertz CT molecular complexity index is 450. The first-order chi connectivity index (χ1) is 9.57. The van der Waals surface area contributed by atoms with Crippen molar-refractivity contribution in [2.75, 3.05) is 6.61 Å². The summed E-state index contributed by atoms with van der Waals surface area (Å²) in [6.07, 6.45) is -4.95. The molecule has 1 N–H and O–H groups in total. The smallest absolute Gasteiger partial charge is 0.389 e. The van der Waals surface area contributed by atoms with Gasteiger partial charge in [-0.3, -0.25) is 0 Å². The van der Waals surface area contributed by atoms with Crippen LogP contribution in [0, 0.1) is 6.92 Å². The van der Waals surface area contributed by atoms with Crippen molar-refractivity contribution in [1.82, 2.24) is 5.32 Å². The number of rotatable bonds is 6. The Labute approximate surface area is 124 Å². The summed E-state index contributed by atoms with van der Waals surface area (Å²) in [6.45, 7) is 8.87. The van der Waals surface area contributed by atoms with Crippen molar-refractivity contribution < 1.29 is 17.9 Å². The molecule has 1 aromatic rings. The molecular formula is C16H24F3NO. The van der Waals surface area contributed by atoms with E-state index in [1.54, 1.807) is 0 Å². The summed E-state index contributed by atoms with van der Waals surface area (Å²) in [6, 6.07) is 5.72. The lowest BCUT2D eigenvalue weighted by Crippen LogP contribution is -2.35. The van der Waals surface area contributed by atoms with Gasteiger partial charge in [-0.2, -0.15) is 13.2 Å². The van der Waals surface area contributed by atoms with Crippen LogP contribution >= 0.6 is 0 Å². The van der Waals surface area contributed by atoms with Crippen molar-refractivity contribution in [2.24, 2.45) is 0 Å². The number of benzene rings is 1. The largest absolute Gasteiger partial charge is 0.493 e. The Morgan fingerprint density at radius 1 is 1.14 bits per heavy atom. The van der Waals surface area contributed by atoms with E-state index in [0.29, 0.717) is 12.3 Å². The predicted molar refractivity (Wildman–Crippen MR) is 78.6 cm³/mol. The van der Waals surface area contributed by atoms with Gasteiger partial charge in [0, 0.05) is 24.1 Å². The Hall–Kier alpha value is -1.23. The number of hydrogen-bond acceptors (Lipinski definition) is 2. The van der Waals surface area contributed by atoms with Crippen LogP contribution in [0.1, 0.15) is 44.7 Å². The van der Waals surface area contributed by atoms with Crippen LogP contribution in [-0.4, -0.2) is 18.3 Å². The summed E-state index contributed by atoms with van der Waals surface area (Å²) < 4.78 is 41.8. The van der Waals surface area contributed by atoms with Crippen LogP contribution in [0.25, 0.3) is 0 Å². The second kappa shape index (κ2) is 7.16. The van der Waals surface area contributed by atoms with Gasteiger partial charge in [0.2, 0.25) is 0 Å². The maximum absolute atomic E-state index is 12.1. The molecule has 1 rings (SSSR count). The average molecular weight is 303 g/mol. The van der Waals surface area contributed by atoms with Gasteiger partial charge in [-0.15, -0.1) is 0 Å². The Morgan fingerprint density at radius 3 is 2.38 bits per heavy atom. The highest BCUT2D eigenvalue weighted by molar-refractivity contribution is 5.36. The molecular weight excluding hydrogens is 279 g/mol. The first-order valence-corrected chi connectivity index (χ1v) is 7.11. The summed E-state index contributed by atoms with van der Waals surface area (Å²) in [5, 5.41) is 3.36. The molecule has 0 aliphatic carbocycles. The quantitative estimate of drug-likeness (QED) is 0.775. The molecule has 0 unspecified atom stereocenters. The zero-order chi connectivity index (χ0) is 16.1. The molecule has 0 heterocycles. The van der Waals surface area contributed by atoms with Crippen LogP contribution in [0.4, 0.5) is 13.2 Å². The van der Waals surface area contributed by atoms with Crippen LogP contribution in [0.5, 0.6) is 5.75 Å². The number of nitrogens with one attached hydrogen (secondary N) is 1. The van der Waals surface area contributed by atoms with E-state index in [-0.39, 0.29) is 18.6 Å². The van der Waals surface area contributed by atoms with Crippen LogP contribution in [-0.2, 0) is 6.54 Å². The number of alkyl halides is 3. The second-order valence-corrected chi connectivity index (χ2v) is 6.28. The molecule has 5 heteroatoms. The van der Waals surface area contributed by atoms with E-state index in [2.05, 4.69) is 26.1 Å². The van der Waals surface area contributed by atoms with Gasteiger partial charge in [-0.1, -0.05) is 17.7 Å². The molecule has 0 saturated carbocycles. The molecule has 1 aromatic carbocycles. The van der Waals surface area contributed by atoms with Crippen molar-refractivity contribution in [1.29, 1.82) is 0 Å². The Morgan fingerprint density at radius 2 is 1.81 bits per heavy atom. The zero-order valence-corrected chi connectivity index (χ0v) is 13.1. The number of halogens is 3. The van der Waals surface area contributed by atoms with E-state index in [4.69, 9.17) is 4.74 Å². The summed E-state index contributed by atoms with van der Waals surface area (Å²) in [5.74, 6) is 0.652. The third-order valence-electron chi connectivity index (χ3n) is 2.89. The molecule has 0 atom stereocenters. The summed E-state index contributed by atoms with van der Waals surface area (Å²) in [4.78, 5) is 0. The van der Waals surface area contributed by atoms with Gasteiger partial charge in [0.15, 0.2) is 0 Å². The van der Waals surface area contributed by atoms with Gasteiger partial charge < -0.3 is 10.1 Å². The first kappa shape index (κ1) is 17.8. The lowest BCUT2D eigenvalue weighted by molar-refractivity contribution is -0.136. The van der Waals surface area contributed by atoms with E-state index < -0.39 is 12.6 Å². The van der Waals surface area contributed by atoms with Gasteiger partial charge in [-0.05, 0) is 40.2 Å². The molecule has 0 fully saturated rings. The topological polar surface area (TPSA) is 21.3 Å². The van der Waals surface area contributed by atoms with Crippen LogP contribution in [0.2, 0.25) is 0 Å². The van der Waals surface area contributed by atoms with Crippen LogP contribution < -0.4 is 10.1 Å². The summed E-state index contributed by atoms with van der Waals surface area (Å²) in [7, 11) is 0. The highest BCUT2D eigenvalue weighted by atomic mass is 19.4. The Balaban J connectivity index is 2.60. The van der Waals surface area contributed by atoms with Crippen LogP contribution in [0.15, 0.2) is 18.2 Å². The molecule has 0 aliphatic rings. The molecule has 21 heavy (non-hydrogen) atoms. The second-order valence-electron chi connectivity index (χ2n) is 6.28. The highest BCUT2D eigenvalue weighted by Crippen LogP contribution is 2.24. The third kappa shape index (κ3) is 7.95. The monoisotopic (exact) mass is 303 g/mol. The van der Waals surface area contributed by atoms with Gasteiger partial charge in [-0.25, -0.2) is 0 Å². The Kier molecular flexibility index (Phi) is 6.08. The minimum Gasteiger partial charge on any atom is -0.493 e. The maximum atomic E-state index is 12.1. The van der Waals surface area contributed by atoms with E-state index in [1.165, 1.54) is 0 Å². The van der Waals surface area contributed by atoms with Crippen molar-refractivity contribution in [3.05, 3.63) is 29.3 Å². The fourth-order valence-corrected chi connectivity index (χ4v) is 1.80. The van der Waals surface area contributed by atoms with E-state index in [1.807, 2.05) is 25.1 Å². The number of hydrogen-bond donors (Lipinski definition) is 1. The minimum atomic E-state index is -4.12. The number of aryl methyl sites for hydroxylation is 1. The van der Waals surface area contributed by atoms with Crippen molar-refractivity contribution in [2.45, 2.75) is 58.8 Å². The third-order valence-corrected chi connectivity index (χ3v) is 2.89. The molecule has 0 radical (unpaired) electrons. The van der Waals surface area contributed by atoms with E-state index >= 15 is 0 Å². The van der Waals surface area contributed by atoms with E-state index in [9.17, 15) is 13.2 Å². The molecule has 0 saturated heterocycles. The molecule has 0 aliphatic heterocycles. The average Bonchev–Trinajstić information content (AvgIpc) is 2.31. The van der Waals surface area contributed by atoms with Gasteiger partial charge in [0.25, 0.3) is 0 Å². The maximum Gasteiger partial charge on any atom is 0.389 e. The fraction of sp³-hybridized carbons (Fsp3) is 0.625. The lowest BCUT2D eigenvalue weighted by Gasteiger charge is -2.22. The predicted octanol–water partition coefficient (Wildman–Crippen LogP) is 4.60. The van der Waals surface area contributed by atoms with Crippen molar-refractivity contribution in [3.63, 3.8) is 0 Å². The van der Waals surface area contributed by atoms with Gasteiger partial charge in [0.05, 0.1) is 6.61 Å². The van der Waals surface area contributed by atoms with Crippen molar-refractivity contribution >= 4 is 0 Å². The molecule has 120 valence electrons. The molecule has 0 aromatic heterocycles. The number of ether oxygens (including phenoxy) is 1. The van der Waals surface area contributed by atoms with Crippen LogP contribution in [0.3, 0.4) is 0 Å². The standard InChI is InChI=1S/C16H24F3NO/c1-12-6-7-14(21-9-5-8-16(17,18)19)13(10-12)11-20-15(2,3)4/h6-7,10,20H,5,8-9,11H2,1-4H3.